The van der Waals surface area contributed by atoms with Gasteiger partial charge in [-0.3, -0.25) is 4.79 Å². The Bertz CT molecular complexity index is 795. The van der Waals surface area contributed by atoms with Gasteiger partial charge in [-0.15, -0.1) is 0 Å². The first kappa shape index (κ1) is 13.6. The van der Waals surface area contributed by atoms with Crippen LogP contribution in [0.1, 0.15) is 10.4 Å². The smallest absolute Gasteiger partial charge is 0.253 e. The van der Waals surface area contributed by atoms with Gasteiger partial charge in [-0.2, -0.15) is 5.10 Å². The van der Waals surface area contributed by atoms with Crippen molar-refractivity contribution in [3.05, 3.63) is 59.8 Å². The highest BCUT2D eigenvalue weighted by Gasteiger charge is 2.24. The maximum atomic E-state index is 12.3. The lowest BCUT2D eigenvalue weighted by Crippen LogP contribution is -2.36. The molecule has 1 N–H and O–H groups in total. The minimum Gasteiger partial charge on any atom is -0.345 e. The fourth-order valence-electron chi connectivity index (χ4n) is 2.19. The van der Waals surface area contributed by atoms with Crippen molar-refractivity contribution in [2.24, 2.45) is 0 Å². The minimum atomic E-state index is -3.19. The van der Waals surface area contributed by atoms with Gasteiger partial charge in [0.2, 0.25) is 0 Å². The third-order valence-electron chi connectivity index (χ3n) is 3.15. The van der Waals surface area contributed by atoms with Crippen LogP contribution in [0.5, 0.6) is 0 Å². The number of hydrogen-bond donors (Lipinski definition) is 1. The number of nitrogens with zero attached hydrogens (tertiary/aromatic N) is 2. The van der Waals surface area contributed by atoms with Gasteiger partial charge in [0.25, 0.3) is 5.91 Å². The number of amides is 1. The first-order valence-corrected chi connectivity index (χ1v) is 8.07. The van der Waals surface area contributed by atoms with Crippen molar-refractivity contribution < 1.29 is 13.2 Å². The van der Waals surface area contributed by atoms with Gasteiger partial charge in [0.15, 0.2) is 9.84 Å². The summed E-state index contributed by atoms with van der Waals surface area (Å²) >= 11 is 0. The molecule has 0 unspecified atom stereocenters. The fraction of sp³-hybridized carbons (Fsp3) is 0.143. The molecular weight excluding hydrogens is 290 g/mol. The maximum absolute atomic E-state index is 12.3. The van der Waals surface area contributed by atoms with Crippen LogP contribution >= 0.6 is 0 Å². The van der Waals surface area contributed by atoms with Gasteiger partial charge in [0.05, 0.1) is 23.0 Å². The van der Waals surface area contributed by atoms with Crippen molar-refractivity contribution in [3.8, 4) is 5.69 Å². The lowest BCUT2D eigenvalue weighted by Gasteiger charge is -2.13. The predicted molar refractivity (Wildman–Crippen MR) is 77.7 cm³/mol. The van der Waals surface area contributed by atoms with Crippen LogP contribution in [0.2, 0.25) is 0 Å². The van der Waals surface area contributed by atoms with E-state index in [-0.39, 0.29) is 11.7 Å². The Morgan fingerprint density at radius 3 is 2.76 bits per heavy atom. The molecule has 1 aliphatic rings. The minimum absolute atomic E-state index is 0.0946. The van der Waals surface area contributed by atoms with Crippen molar-refractivity contribution in [2.45, 2.75) is 6.04 Å². The van der Waals surface area contributed by atoms with E-state index >= 15 is 0 Å². The monoisotopic (exact) mass is 303 g/mol. The summed E-state index contributed by atoms with van der Waals surface area (Å²) in [4.78, 5) is 12.3. The van der Waals surface area contributed by atoms with Crippen molar-refractivity contribution >= 4 is 15.7 Å². The van der Waals surface area contributed by atoms with Crippen molar-refractivity contribution in [1.82, 2.24) is 15.1 Å². The number of carbonyl (C=O) groups excluding carboxylic acids is 1. The van der Waals surface area contributed by atoms with E-state index in [9.17, 15) is 13.2 Å². The summed E-state index contributed by atoms with van der Waals surface area (Å²) in [5.41, 5.74) is 1.09. The fourth-order valence-corrected chi connectivity index (χ4v) is 3.42. The Morgan fingerprint density at radius 2 is 2.10 bits per heavy atom. The average molecular weight is 303 g/mol. The molecule has 1 atom stereocenters. The lowest BCUT2D eigenvalue weighted by atomic mass is 10.1. The van der Waals surface area contributed by atoms with Gasteiger partial charge in [-0.1, -0.05) is 12.1 Å². The number of benzene rings is 1. The Kier molecular flexibility index (Phi) is 3.34. The van der Waals surface area contributed by atoms with Gasteiger partial charge in [-0.25, -0.2) is 13.1 Å². The average Bonchev–Trinajstić information content (AvgIpc) is 3.08. The largest absolute Gasteiger partial charge is 0.345 e. The Balaban J connectivity index is 1.85. The molecule has 108 valence electrons. The van der Waals surface area contributed by atoms with E-state index < -0.39 is 15.9 Å². The molecule has 0 fully saturated rings. The molecule has 21 heavy (non-hydrogen) atoms. The molecule has 0 saturated carbocycles. The molecular formula is C14H13N3O3S. The van der Waals surface area contributed by atoms with E-state index in [4.69, 9.17) is 0 Å². The molecule has 1 aromatic carbocycles. The number of rotatable bonds is 3. The van der Waals surface area contributed by atoms with Gasteiger partial charge in [0, 0.05) is 17.8 Å². The second kappa shape index (κ2) is 5.17. The second-order valence-electron chi connectivity index (χ2n) is 4.71. The number of para-hydroxylation sites is 1. The van der Waals surface area contributed by atoms with Crippen LogP contribution in [0.15, 0.2) is 54.2 Å². The predicted octanol–water partition coefficient (Wildman–Crippen LogP) is 0.913. The Morgan fingerprint density at radius 1 is 1.29 bits per heavy atom. The molecule has 2 aromatic rings. The summed E-state index contributed by atoms with van der Waals surface area (Å²) in [6.45, 7) is 0. The SMILES string of the molecule is O=C(N[C@@H]1C=CS(=O)(=O)C1)c1ccccc1-n1cccn1. The van der Waals surface area contributed by atoms with E-state index in [0.717, 1.165) is 5.41 Å². The Labute approximate surface area is 122 Å². The summed E-state index contributed by atoms with van der Waals surface area (Å²) in [5, 5.41) is 7.95. The van der Waals surface area contributed by atoms with Crippen LogP contribution in [0, 0.1) is 0 Å². The van der Waals surface area contributed by atoms with E-state index in [1.54, 1.807) is 41.3 Å². The summed E-state index contributed by atoms with van der Waals surface area (Å²) in [5.74, 6) is -0.421. The molecule has 3 rings (SSSR count). The molecule has 1 aliphatic heterocycles. The number of hydrogen-bond acceptors (Lipinski definition) is 4. The quantitative estimate of drug-likeness (QED) is 0.914. The summed E-state index contributed by atoms with van der Waals surface area (Å²) in [7, 11) is -3.19. The summed E-state index contributed by atoms with van der Waals surface area (Å²) in [6, 6.07) is 8.30. The number of carbonyl (C=O) groups is 1. The van der Waals surface area contributed by atoms with Gasteiger partial charge in [-0.05, 0) is 24.3 Å². The molecule has 0 bridgehead atoms. The maximum Gasteiger partial charge on any atom is 0.253 e. The van der Waals surface area contributed by atoms with Crippen molar-refractivity contribution in [2.75, 3.05) is 5.75 Å². The van der Waals surface area contributed by atoms with Crippen LogP contribution in [0.3, 0.4) is 0 Å². The second-order valence-corrected chi connectivity index (χ2v) is 6.64. The highest BCUT2D eigenvalue weighted by Crippen LogP contribution is 2.15. The molecule has 0 saturated heterocycles. The van der Waals surface area contributed by atoms with Crippen LogP contribution in [0.4, 0.5) is 0 Å². The van der Waals surface area contributed by atoms with Crippen molar-refractivity contribution in [1.29, 1.82) is 0 Å². The number of sulfone groups is 1. The molecule has 0 aliphatic carbocycles. The van der Waals surface area contributed by atoms with Crippen LogP contribution in [-0.2, 0) is 9.84 Å². The molecule has 1 amide bonds. The first-order valence-electron chi connectivity index (χ1n) is 6.36. The van der Waals surface area contributed by atoms with Gasteiger partial charge < -0.3 is 5.32 Å². The van der Waals surface area contributed by atoms with E-state index in [1.165, 1.54) is 6.08 Å². The van der Waals surface area contributed by atoms with E-state index in [1.807, 2.05) is 6.07 Å². The van der Waals surface area contributed by atoms with E-state index in [2.05, 4.69) is 10.4 Å². The third-order valence-corrected chi connectivity index (χ3v) is 4.54. The van der Waals surface area contributed by atoms with Crippen LogP contribution < -0.4 is 5.32 Å². The van der Waals surface area contributed by atoms with Crippen LogP contribution in [-0.4, -0.2) is 35.9 Å². The van der Waals surface area contributed by atoms with E-state index in [0.29, 0.717) is 11.3 Å². The highest BCUT2D eigenvalue weighted by molar-refractivity contribution is 7.94. The molecule has 7 heteroatoms. The third kappa shape index (κ3) is 2.87. The van der Waals surface area contributed by atoms with Crippen LogP contribution in [0.25, 0.3) is 5.69 Å². The Hall–Kier alpha value is -2.41. The van der Waals surface area contributed by atoms with Gasteiger partial charge >= 0.3 is 0 Å². The normalized spacial score (nSPS) is 19.5. The standard InChI is InChI=1S/C14H13N3O3S/c18-14(16-11-6-9-21(19,20)10-11)12-4-1-2-5-13(12)17-8-3-7-15-17/h1-9,11H,10H2,(H,16,18)/t11-/m1/s1. The zero-order valence-corrected chi connectivity index (χ0v) is 11.8. The topological polar surface area (TPSA) is 81.1 Å². The van der Waals surface area contributed by atoms with Crippen molar-refractivity contribution in [3.63, 3.8) is 0 Å². The summed E-state index contributed by atoms with van der Waals surface area (Å²) in [6.07, 6.45) is 4.86. The zero-order chi connectivity index (χ0) is 14.9. The molecule has 2 heterocycles. The molecule has 0 spiro atoms. The molecule has 1 aromatic heterocycles. The number of aromatic nitrogens is 2. The zero-order valence-electron chi connectivity index (χ0n) is 11.0. The molecule has 6 nitrogen and oxygen atoms in total. The van der Waals surface area contributed by atoms with Gasteiger partial charge in [0.1, 0.15) is 0 Å². The summed E-state index contributed by atoms with van der Waals surface area (Å²) < 4.78 is 24.3. The first-order chi connectivity index (χ1) is 10.1. The lowest BCUT2D eigenvalue weighted by molar-refractivity contribution is 0.0947. The number of nitrogens with one attached hydrogen (secondary N) is 1. The molecule has 0 radical (unpaired) electrons. The highest BCUT2D eigenvalue weighted by atomic mass is 32.2.